The fourth-order valence-corrected chi connectivity index (χ4v) is 4.26. The van der Waals surface area contributed by atoms with Gasteiger partial charge in [0.25, 0.3) is 0 Å². The number of rotatable bonds is 8. The van der Waals surface area contributed by atoms with Gasteiger partial charge in [-0.05, 0) is 42.3 Å². The molecule has 29 heavy (non-hydrogen) atoms. The number of nitrogens with one attached hydrogen (secondary N) is 2. The van der Waals surface area contributed by atoms with Crippen LogP contribution < -0.4 is 10.6 Å². The Kier molecular flexibility index (Phi) is 5.65. The van der Waals surface area contributed by atoms with Crippen molar-refractivity contribution < 1.29 is 9.59 Å². The van der Waals surface area contributed by atoms with Crippen LogP contribution in [-0.4, -0.2) is 28.5 Å². The monoisotopic (exact) mass is 389 g/mol. The summed E-state index contributed by atoms with van der Waals surface area (Å²) < 4.78 is 2.16. The molecule has 4 rings (SSSR count). The van der Waals surface area contributed by atoms with Gasteiger partial charge in [-0.2, -0.15) is 0 Å². The summed E-state index contributed by atoms with van der Waals surface area (Å²) in [5.41, 5.74) is 2.05. The summed E-state index contributed by atoms with van der Waals surface area (Å²) in [6.45, 7) is 1.33. The highest BCUT2D eigenvalue weighted by Crippen LogP contribution is 2.29. The van der Waals surface area contributed by atoms with E-state index in [-0.39, 0.29) is 17.4 Å². The molecule has 3 aromatic rings. The van der Waals surface area contributed by atoms with Crippen molar-refractivity contribution in [3.8, 4) is 0 Å². The first-order valence-electron chi connectivity index (χ1n) is 10.3. The zero-order valence-corrected chi connectivity index (χ0v) is 16.6. The van der Waals surface area contributed by atoms with Gasteiger partial charge in [0.05, 0.1) is 0 Å². The van der Waals surface area contributed by atoms with Crippen molar-refractivity contribution in [1.82, 2.24) is 15.2 Å². The summed E-state index contributed by atoms with van der Waals surface area (Å²) in [6.07, 6.45) is 5.21. The minimum atomic E-state index is -0.313. The molecule has 1 aliphatic heterocycles. The average molecular weight is 389 g/mol. The van der Waals surface area contributed by atoms with Gasteiger partial charge in [0.15, 0.2) is 0 Å². The molecule has 2 heterocycles. The van der Waals surface area contributed by atoms with Crippen LogP contribution in [0.3, 0.4) is 0 Å². The predicted molar refractivity (Wildman–Crippen MR) is 114 cm³/mol. The second-order valence-corrected chi connectivity index (χ2v) is 7.91. The number of carbonyl (C=O) groups excluding carboxylic acids is 2. The van der Waals surface area contributed by atoms with Gasteiger partial charge in [0, 0.05) is 43.2 Å². The Hall–Kier alpha value is -3.08. The number of aromatic nitrogens is 1. The van der Waals surface area contributed by atoms with Crippen LogP contribution in [0.15, 0.2) is 66.9 Å². The molecule has 2 aromatic carbocycles. The number of amides is 2. The molecule has 1 aliphatic rings. The Balaban J connectivity index is 1.29. The number of benzene rings is 2. The van der Waals surface area contributed by atoms with E-state index in [1.165, 1.54) is 16.5 Å². The third-order valence-corrected chi connectivity index (χ3v) is 5.81. The summed E-state index contributed by atoms with van der Waals surface area (Å²) in [5, 5.41) is 7.38. The van der Waals surface area contributed by atoms with Crippen molar-refractivity contribution in [1.29, 1.82) is 0 Å². The van der Waals surface area contributed by atoms with Crippen LogP contribution in [0, 0.1) is 0 Å². The maximum atomic E-state index is 12.4. The second-order valence-electron chi connectivity index (χ2n) is 7.91. The second kappa shape index (κ2) is 8.52. The van der Waals surface area contributed by atoms with Crippen LogP contribution in [-0.2, 0) is 22.6 Å². The van der Waals surface area contributed by atoms with Crippen LogP contribution in [0.4, 0.5) is 0 Å². The predicted octanol–water partition coefficient (Wildman–Crippen LogP) is 3.43. The normalized spacial score (nSPS) is 18.7. The van der Waals surface area contributed by atoms with E-state index in [1.54, 1.807) is 0 Å². The van der Waals surface area contributed by atoms with Gasteiger partial charge in [-0.25, -0.2) is 0 Å². The smallest absolute Gasteiger partial charge is 0.220 e. The zero-order chi connectivity index (χ0) is 20.1. The van der Waals surface area contributed by atoms with Crippen LogP contribution in [0.2, 0.25) is 0 Å². The molecular weight excluding hydrogens is 362 g/mol. The average Bonchev–Trinajstić information content (AvgIpc) is 3.31. The molecule has 0 spiro atoms. The number of nitrogens with zero attached hydrogens (tertiary/aromatic N) is 1. The van der Waals surface area contributed by atoms with Crippen molar-refractivity contribution in [2.24, 2.45) is 0 Å². The van der Waals surface area contributed by atoms with E-state index in [1.807, 2.05) is 30.3 Å². The van der Waals surface area contributed by atoms with E-state index in [0.29, 0.717) is 25.8 Å². The summed E-state index contributed by atoms with van der Waals surface area (Å²) in [5.74, 6) is 0.121. The lowest BCUT2D eigenvalue weighted by molar-refractivity contribution is -0.122. The van der Waals surface area contributed by atoms with Gasteiger partial charge >= 0.3 is 0 Å². The Bertz CT molecular complexity index is 996. The first-order chi connectivity index (χ1) is 14.1. The number of hydrogen-bond acceptors (Lipinski definition) is 2. The molecule has 150 valence electrons. The Morgan fingerprint density at radius 1 is 1.07 bits per heavy atom. The number of fused-ring (bicyclic) bond motifs is 1. The third-order valence-electron chi connectivity index (χ3n) is 5.81. The molecule has 1 aromatic heterocycles. The van der Waals surface area contributed by atoms with Crippen LogP contribution in [0.5, 0.6) is 0 Å². The number of carbonyl (C=O) groups is 2. The topological polar surface area (TPSA) is 63.1 Å². The molecule has 2 N–H and O–H groups in total. The minimum Gasteiger partial charge on any atom is -0.354 e. The van der Waals surface area contributed by atoms with Gasteiger partial charge in [-0.15, -0.1) is 0 Å². The van der Waals surface area contributed by atoms with Gasteiger partial charge in [0.1, 0.15) is 0 Å². The number of para-hydroxylation sites is 1. The third kappa shape index (κ3) is 4.67. The SMILES string of the molecule is O=C(CC[C@@]1(Cc2ccccc2)CCC(=O)N1)NCCn1ccc2ccccc21. The van der Waals surface area contributed by atoms with E-state index in [9.17, 15) is 9.59 Å². The van der Waals surface area contributed by atoms with Crippen molar-refractivity contribution >= 4 is 22.7 Å². The van der Waals surface area contributed by atoms with Crippen LogP contribution in [0.25, 0.3) is 10.9 Å². The molecule has 1 atom stereocenters. The van der Waals surface area contributed by atoms with E-state index in [4.69, 9.17) is 0 Å². The molecule has 2 amide bonds. The molecule has 1 saturated heterocycles. The lowest BCUT2D eigenvalue weighted by atomic mass is 9.85. The quantitative estimate of drug-likeness (QED) is 0.620. The van der Waals surface area contributed by atoms with Crippen molar-refractivity contribution in [2.45, 2.75) is 44.2 Å². The maximum Gasteiger partial charge on any atom is 0.220 e. The summed E-state index contributed by atoms with van der Waals surface area (Å²) >= 11 is 0. The molecule has 5 nitrogen and oxygen atoms in total. The highest BCUT2D eigenvalue weighted by Gasteiger charge is 2.37. The van der Waals surface area contributed by atoms with Gasteiger partial charge in [-0.3, -0.25) is 9.59 Å². The van der Waals surface area contributed by atoms with E-state index in [0.717, 1.165) is 19.4 Å². The van der Waals surface area contributed by atoms with Crippen molar-refractivity contribution in [3.63, 3.8) is 0 Å². The van der Waals surface area contributed by atoms with E-state index >= 15 is 0 Å². The summed E-state index contributed by atoms with van der Waals surface area (Å²) in [6, 6.07) is 20.5. The molecule has 1 fully saturated rings. The van der Waals surface area contributed by atoms with Crippen molar-refractivity contribution in [3.05, 3.63) is 72.4 Å². The highest BCUT2D eigenvalue weighted by atomic mass is 16.2. The molecule has 0 radical (unpaired) electrons. The van der Waals surface area contributed by atoms with E-state index in [2.05, 4.69) is 51.7 Å². The fraction of sp³-hybridized carbons (Fsp3) is 0.333. The van der Waals surface area contributed by atoms with Gasteiger partial charge in [-0.1, -0.05) is 48.5 Å². The Morgan fingerprint density at radius 3 is 2.66 bits per heavy atom. The molecule has 0 unspecified atom stereocenters. The zero-order valence-electron chi connectivity index (χ0n) is 16.6. The van der Waals surface area contributed by atoms with Crippen LogP contribution >= 0.6 is 0 Å². The largest absolute Gasteiger partial charge is 0.354 e. The van der Waals surface area contributed by atoms with Crippen LogP contribution in [0.1, 0.15) is 31.2 Å². The highest BCUT2D eigenvalue weighted by molar-refractivity contribution is 5.81. The van der Waals surface area contributed by atoms with E-state index < -0.39 is 0 Å². The molecule has 5 heteroatoms. The summed E-state index contributed by atoms with van der Waals surface area (Å²) in [4.78, 5) is 24.3. The molecule has 0 aliphatic carbocycles. The first-order valence-corrected chi connectivity index (χ1v) is 10.3. The maximum absolute atomic E-state index is 12.4. The number of hydrogen-bond donors (Lipinski definition) is 2. The Morgan fingerprint density at radius 2 is 1.86 bits per heavy atom. The molecular formula is C24H27N3O2. The lowest BCUT2D eigenvalue weighted by Gasteiger charge is -2.29. The minimum absolute atomic E-state index is 0.0371. The molecule has 0 bridgehead atoms. The standard InChI is InChI=1S/C24H27N3O2/c28-22(25-15-17-27-16-12-20-8-4-5-9-21(20)27)10-13-24(14-11-23(29)26-24)18-19-6-2-1-3-7-19/h1-9,12,16H,10-11,13-15,17-18H2,(H,25,28)(H,26,29)/t24-/m0/s1. The fourth-order valence-electron chi connectivity index (χ4n) is 4.26. The first kappa shape index (κ1) is 19.2. The van der Waals surface area contributed by atoms with Gasteiger partial charge < -0.3 is 15.2 Å². The Labute approximate surface area is 171 Å². The molecule has 0 saturated carbocycles. The van der Waals surface area contributed by atoms with Gasteiger partial charge in [0.2, 0.25) is 11.8 Å². The van der Waals surface area contributed by atoms with Crippen molar-refractivity contribution in [2.75, 3.05) is 6.54 Å². The summed E-state index contributed by atoms with van der Waals surface area (Å²) in [7, 11) is 0. The lowest BCUT2D eigenvalue weighted by Crippen LogP contribution is -2.44.